The van der Waals surface area contributed by atoms with Crippen molar-refractivity contribution >= 4 is 5.97 Å². The normalized spacial score (nSPS) is 15.5. The van der Waals surface area contributed by atoms with Crippen LogP contribution in [0.25, 0.3) is 0 Å². The number of hydrogen-bond donors (Lipinski definition) is 0. The number of likely N-dealkylation sites (tertiary alicyclic amines) is 1. The number of carbonyl (C=O) groups excluding carboxylic acids is 1. The molecule has 1 heterocycles. The molecule has 1 unspecified atom stereocenters. The van der Waals surface area contributed by atoms with Gasteiger partial charge in [0.05, 0.1) is 7.11 Å². The summed E-state index contributed by atoms with van der Waals surface area (Å²) in [5.41, 5.74) is 1.18. The molecule has 3 nitrogen and oxygen atoms in total. The maximum atomic E-state index is 12.4. The van der Waals surface area contributed by atoms with Crippen molar-refractivity contribution in [2.24, 2.45) is 0 Å². The number of esters is 1. The number of halogens is 1. The van der Waals surface area contributed by atoms with Crippen molar-refractivity contribution in [3.05, 3.63) is 35.6 Å². The minimum atomic E-state index is -0.163. The van der Waals surface area contributed by atoms with Crippen LogP contribution in [0.1, 0.15) is 74.3 Å². The molecule has 1 atom stereocenters. The monoisotopic (exact) mass is 446 g/mol. The molecule has 5 heteroatoms. The number of nitrogens with zero attached hydrogens (tertiary/aromatic N) is 1. The van der Waals surface area contributed by atoms with Crippen LogP contribution >= 0.6 is 0 Å². The molecule has 0 aromatic heterocycles. The summed E-state index contributed by atoms with van der Waals surface area (Å²) in [6, 6.07) is 7.08. The van der Waals surface area contributed by atoms with Crippen LogP contribution in [0, 0.1) is 5.82 Å². The summed E-state index contributed by atoms with van der Waals surface area (Å²) in [5, 5.41) is 0. The molecule has 2 rings (SSSR count). The van der Waals surface area contributed by atoms with Crippen molar-refractivity contribution in [1.29, 1.82) is 0 Å². The third-order valence-electron chi connectivity index (χ3n) is 3.97. The van der Waals surface area contributed by atoms with Crippen molar-refractivity contribution in [1.82, 2.24) is 4.90 Å². The van der Waals surface area contributed by atoms with Gasteiger partial charge in [-0.1, -0.05) is 48.3 Å². The Kier molecular flexibility index (Phi) is 21.5. The van der Waals surface area contributed by atoms with Crippen molar-refractivity contribution in [3.8, 4) is 0 Å². The van der Waals surface area contributed by atoms with Crippen molar-refractivity contribution in [2.75, 3.05) is 13.7 Å². The van der Waals surface area contributed by atoms with Gasteiger partial charge < -0.3 is 4.74 Å². The van der Waals surface area contributed by atoms with Crippen LogP contribution in [-0.4, -0.2) is 36.6 Å². The van der Waals surface area contributed by atoms with Crippen LogP contribution in [0.2, 0.25) is 0 Å². The van der Waals surface area contributed by atoms with Crippen LogP contribution < -0.4 is 0 Å². The first-order chi connectivity index (χ1) is 10.4. The van der Waals surface area contributed by atoms with Gasteiger partial charge in [0, 0.05) is 38.8 Å². The molecule has 26 heavy (non-hydrogen) atoms. The summed E-state index contributed by atoms with van der Waals surface area (Å²) >= 11 is 0. The molecule has 1 saturated heterocycles. The molecule has 0 spiro atoms. The Morgan fingerprint density at radius 2 is 1.62 bits per heavy atom. The molecule has 1 aliphatic rings. The first kappa shape index (κ1) is 33.3. The van der Waals surface area contributed by atoms with E-state index in [0.29, 0.717) is 12.0 Å². The van der Waals surface area contributed by atoms with Crippen LogP contribution in [0.15, 0.2) is 24.3 Å². The summed E-state index contributed by atoms with van der Waals surface area (Å²) in [7, 11) is 1.46. The van der Waals surface area contributed by atoms with Crippen molar-refractivity contribution in [3.63, 3.8) is 0 Å². The van der Waals surface area contributed by atoms with Gasteiger partial charge in [-0.05, 0) is 56.8 Å². The van der Waals surface area contributed by atoms with E-state index in [9.17, 15) is 9.18 Å². The van der Waals surface area contributed by atoms with E-state index in [4.69, 9.17) is 4.74 Å². The zero-order chi connectivity index (χ0) is 16.7. The second-order valence-corrected chi connectivity index (χ2v) is 6.22. The molecule has 1 fully saturated rings. The average molecular weight is 446 g/mol. The Morgan fingerprint density at radius 3 is 2.00 bits per heavy atom. The number of methoxy groups -OCH3 is 1. The Balaban J connectivity index is -0.000000163. The zero-order valence-corrected chi connectivity index (χ0v) is 17.7. The van der Waals surface area contributed by atoms with Gasteiger partial charge >= 0.3 is 5.97 Å². The Labute approximate surface area is 187 Å². The summed E-state index contributed by atoms with van der Waals surface area (Å²) < 4.78 is 17.1. The number of rotatable bonds is 3. The Morgan fingerprint density at radius 1 is 1.12 bits per heavy atom. The first-order valence-corrected chi connectivity index (χ1v) is 7.95. The van der Waals surface area contributed by atoms with E-state index < -0.39 is 0 Å². The first-order valence-electron chi connectivity index (χ1n) is 7.95. The maximum Gasteiger partial charge on any atom is 0.323 e. The molecule has 0 saturated carbocycles. The molecule has 0 aliphatic carbocycles. The number of carbonyl (C=O) groups is 1. The van der Waals surface area contributed by atoms with E-state index in [-0.39, 0.29) is 72.8 Å². The van der Waals surface area contributed by atoms with Gasteiger partial charge in [0.2, 0.25) is 0 Å². The summed E-state index contributed by atoms with van der Waals surface area (Å²) in [6.07, 6.45) is 2.06. The molecule has 0 N–H and O–H groups in total. The standard InChI is InChI=1S/C9H11F.C9H17NO2.3CH4.Y/c1-7(2)8-3-5-9(10)6-4-8;1-7(2)10-6-4-5-8(10)9(11)12-3;;;;/h3-7H,1-2H3;7-8H,4-6H2,1-3H3;3*1H4;. The fourth-order valence-corrected chi connectivity index (χ4v) is 2.64. The SMILES string of the molecule is C.C.C.CC(C)c1ccc(F)cc1.COC(=O)C1CCCN1C(C)C.[Y]. The minimum Gasteiger partial charge on any atom is -0.468 e. The van der Waals surface area contributed by atoms with Gasteiger partial charge in [-0.3, -0.25) is 9.69 Å². The van der Waals surface area contributed by atoms with Gasteiger partial charge in [-0.2, -0.15) is 0 Å². The van der Waals surface area contributed by atoms with Gasteiger partial charge in [0.15, 0.2) is 0 Å². The molecule has 1 aliphatic heterocycles. The summed E-state index contributed by atoms with van der Waals surface area (Å²) in [6.45, 7) is 9.43. The predicted molar refractivity (Wildman–Crippen MR) is 108 cm³/mol. The van der Waals surface area contributed by atoms with Crippen LogP contribution in [0.3, 0.4) is 0 Å². The van der Waals surface area contributed by atoms with Crippen LogP contribution in [0.4, 0.5) is 4.39 Å². The van der Waals surface area contributed by atoms with E-state index in [1.807, 2.05) is 12.1 Å². The Hall–Kier alpha value is -0.316. The van der Waals surface area contributed by atoms with E-state index in [0.717, 1.165) is 19.4 Å². The fourth-order valence-electron chi connectivity index (χ4n) is 2.64. The molecule has 1 radical (unpaired) electrons. The molecule has 0 bridgehead atoms. The van der Waals surface area contributed by atoms with Gasteiger partial charge in [-0.15, -0.1) is 0 Å². The molecule has 1 aromatic rings. The number of benzene rings is 1. The number of hydrogen-bond acceptors (Lipinski definition) is 3. The van der Waals surface area contributed by atoms with E-state index >= 15 is 0 Å². The molecule has 151 valence electrons. The van der Waals surface area contributed by atoms with Crippen LogP contribution in [-0.2, 0) is 42.2 Å². The predicted octanol–water partition coefficient (Wildman–Crippen LogP) is 5.89. The van der Waals surface area contributed by atoms with Gasteiger partial charge in [0.25, 0.3) is 0 Å². The van der Waals surface area contributed by atoms with Crippen LogP contribution in [0.5, 0.6) is 0 Å². The maximum absolute atomic E-state index is 12.4. The van der Waals surface area contributed by atoms with E-state index in [2.05, 4.69) is 32.6 Å². The average Bonchev–Trinajstić information content (AvgIpc) is 2.97. The van der Waals surface area contributed by atoms with Gasteiger partial charge in [0.1, 0.15) is 11.9 Å². The molecule has 0 amide bonds. The van der Waals surface area contributed by atoms with E-state index in [1.165, 1.54) is 24.8 Å². The smallest absolute Gasteiger partial charge is 0.323 e. The van der Waals surface area contributed by atoms with Crippen molar-refractivity contribution < 1.29 is 46.6 Å². The summed E-state index contributed by atoms with van der Waals surface area (Å²) in [4.78, 5) is 13.5. The third kappa shape index (κ3) is 10.7. The minimum absolute atomic E-state index is 0. The summed E-state index contributed by atoms with van der Waals surface area (Å²) in [5.74, 6) is 0.242. The van der Waals surface area contributed by atoms with E-state index in [1.54, 1.807) is 0 Å². The fraction of sp³-hybridized carbons (Fsp3) is 0.667. The van der Waals surface area contributed by atoms with Crippen molar-refractivity contribution in [2.45, 2.75) is 80.8 Å². The second kappa shape index (κ2) is 16.8. The zero-order valence-electron chi connectivity index (χ0n) is 14.9. The van der Waals surface area contributed by atoms with Gasteiger partial charge in [-0.25, -0.2) is 4.39 Å². The number of ether oxygens (including phenoxy) is 1. The molecular formula is C21H40FNO2Y. The topological polar surface area (TPSA) is 29.5 Å². The second-order valence-electron chi connectivity index (χ2n) is 6.22. The third-order valence-corrected chi connectivity index (χ3v) is 3.97. The molecular weight excluding hydrogens is 406 g/mol. The quantitative estimate of drug-likeness (QED) is 0.543. The Bertz CT molecular complexity index is 464. The molecule has 1 aromatic carbocycles. The largest absolute Gasteiger partial charge is 0.468 e.